The van der Waals surface area contributed by atoms with Crippen LogP contribution in [0, 0.1) is 0 Å². The molecule has 0 saturated carbocycles. The van der Waals surface area contributed by atoms with E-state index in [-0.39, 0.29) is 5.91 Å². The molecule has 0 aromatic carbocycles. The van der Waals surface area contributed by atoms with Crippen LogP contribution in [0.5, 0.6) is 0 Å². The van der Waals surface area contributed by atoms with Crippen LogP contribution in [0.3, 0.4) is 0 Å². The van der Waals surface area contributed by atoms with E-state index < -0.39 is 5.41 Å². The molecule has 0 spiro atoms. The predicted molar refractivity (Wildman–Crippen MR) is 57.4 cm³/mol. The van der Waals surface area contributed by atoms with E-state index in [0.29, 0.717) is 0 Å². The number of nitrogens with zero attached hydrogens (tertiary/aromatic N) is 2. The van der Waals surface area contributed by atoms with Gasteiger partial charge in [0.2, 0.25) is 5.91 Å². The molecule has 1 aliphatic rings. The van der Waals surface area contributed by atoms with Crippen molar-refractivity contribution in [2.45, 2.75) is 32.1 Å². The Balaban J connectivity index is 2.18. The fourth-order valence-corrected chi connectivity index (χ4v) is 2.03. The van der Waals surface area contributed by atoms with Gasteiger partial charge in [-0.05, 0) is 32.8 Å². The highest BCUT2D eigenvalue weighted by molar-refractivity contribution is 5.87. The van der Waals surface area contributed by atoms with Crippen LogP contribution in [0.25, 0.3) is 0 Å². The van der Waals surface area contributed by atoms with Gasteiger partial charge in [0.15, 0.2) is 0 Å². The lowest BCUT2D eigenvalue weighted by molar-refractivity contribution is -0.135. The topological polar surface area (TPSA) is 49.0 Å². The predicted octanol–water partition coefficient (Wildman–Crippen LogP) is 1.31. The van der Waals surface area contributed by atoms with E-state index in [1.165, 1.54) is 0 Å². The van der Waals surface area contributed by atoms with Crippen LogP contribution >= 0.6 is 0 Å². The normalized spacial score (nSPS) is 17.1. The van der Waals surface area contributed by atoms with Gasteiger partial charge in [-0.1, -0.05) is 0 Å². The lowest BCUT2D eigenvalue weighted by atomic mass is 9.88. The van der Waals surface area contributed by atoms with Crippen molar-refractivity contribution in [3.63, 3.8) is 0 Å². The highest BCUT2D eigenvalue weighted by Gasteiger charge is 2.35. The number of hydrogen-bond acceptors (Lipinski definition) is 2. The number of aromatic nitrogens is 2. The van der Waals surface area contributed by atoms with Gasteiger partial charge < -0.3 is 4.90 Å². The van der Waals surface area contributed by atoms with E-state index in [1.54, 1.807) is 6.20 Å². The highest BCUT2D eigenvalue weighted by atomic mass is 16.2. The van der Waals surface area contributed by atoms with E-state index in [0.717, 1.165) is 31.6 Å². The van der Waals surface area contributed by atoms with Crippen molar-refractivity contribution in [3.8, 4) is 0 Å². The number of hydrogen-bond donors (Lipinski definition) is 1. The highest BCUT2D eigenvalue weighted by Crippen LogP contribution is 2.25. The molecule has 0 radical (unpaired) electrons. The van der Waals surface area contributed by atoms with Gasteiger partial charge in [0.25, 0.3) is 0 Å². The third-order valence-electron chi connectivity index (χ3n) is 3.10. The average Bonchev–Trinajstić information content (AvgIpc) is 2.89. The summed E-state index contributed by atoms with van der Waals surface area (Å²) in [5.41, 5.74) is 0.403. The second-order valence-electron chi connectivity index (χ2n) is 4.59. The lowest BCUT2D eigenvalue weighted by Crippen LogP contribution is -2.42. The van der Waals surface area contributed by atoms with Crippen LogP contribution in [0.15, 0.2) is 12.3 Å². The summed E-state index contributed by atoms with van der Waals surface area (Å²) in [7, 11) is 0. The Morgan fingerprint density at radius 2 is 2.13 bits per heavy atom. The first-order chi connectivity index (χ1) is 7.12. The summed E-state index contributed by atoms with van der Waals surface area (Å²) in [6.07, 6.45) is 3.95. The van der Waals surface area contributed by atoms with Gasteiger partial charge in [-0.3, -0.25) is 9.89 Å². The molecular weight excluding hydrogens is 190 g/mol. The van der Waals surface area contributed by atoms with E-state index in [9.17, 15) is 4.79 Å². The minimum absolute atomic E-state index is 0.198. The van der Waals surface area contributed by atoms with E-state index in [2.05, 4.69) is 10.2 Å². The fourth-order valence-electron chi connectivity index (χ4n) is 2.03. The van der Waals surface area contributed by atoms with Gasteiger partial charge in [-0.2, -0.15) is 5.10 Å². The third-order valence-corrected chi connectivity index (χ3v) is 3.10. The quantitative estimate of drug-likeness (QED) is 0.795. The number of carbonyl (C=O) groups is 1. The first-order valence-electron chi connectivity index (χ1n) is 5.41. The van der Waals surface area contributed by atoms with Gasteiger partial charge in [0, 0.05) is 19.3 Å². The molecule has 1 fully saturated rings. The molecule has 0 atom stereocenters. The SMILES string of the molecule is CC(C)(C(=O)N1CCCC1)c1ccn[nH]1. The van der Waals surface area contributed by atoms with Crippen molar-refractivity contribution in [2.75, 3.05) is 13.1 Å². The van der Waals surface area contributed by atoms with Gasteiger partial charge in [-0.15, -0.1) is 0 Å². The number of H-pyrrole nitrogens is 1. The Kier molecular flexibility index (Phi) is 2.50. The minimum atomic E-state index is -0.485. The smallest absolute Gasteiger partial charge is 0.234 e. The fraction of sp³-hybridized carbons (Fsp3) is 0.636. The second-order valence-corrected chi connectivity index (χ2v) is 4.59. The first-order valence-corrected chi connectivity index (χ1v) is 5.41. The van der Waals surface area contributed by atoms with E-state index in [1.807, 2.05) is 24.8 Å². The van der Waals surface area contributed by atoms with Crippen LogP contribution in [0.2, 0.25) is 0 Å². The van der Waals surface area contributed by atoms with Crippen molar-refractivity contribution < 1.29 is 4.79 Å². The number of carbonyl (C=O) groups excluding carboxylic acids is 1. The molecule has 1 aromatic rings. The minimum Gasteiger partial charge on any atom is -0.342 e. The Labute approximate surface area is 89.7 Å². The Hall–Kier alpha value is -1.32. The number of rotatable bonds is 2. The van der Waals surface area contributed by atoms with Crippen LogP contribution in [-0.2, 0) is 10.2 Å². The van der Waals surface area contributed by atoms with Gasteiger partial charge >= 0.3 is 0 Å². The molecule has 1 saturated heterocycles. The van der Waals surface area contributed by atoms with Crippen molar-refractivity contribution in [1.29, 1.82) is 0 Å². The zero-order valence-electron chi connectivity index (χ0n) is 9.29. The molecule has 0 bridgehead atoms. The second kappa shape index (κ2) is 3.68. The zero-order chi connectivity index (χ0) is 10.9. The number of aromatic amines is 1. The molecule has 0 aliphatic carbocycles. The van der Waals surface area contributed by atoms with Crippen molar-refractivity contribution in [2.24, 2.45) is 0 Å². The van der Waals surface area contributed by atoms with Gasteiger partial charge in [0.05, 0.1) is 11.1 Å². The maximum Gasteiger partial charge on any atom is 0.234 e. The molecule has 4 heteroatoms. The zero-order valence-corrected chi connectivity index (χ0v) is 9.29. The summed E-state index contributed by atoms with van der Waals surface area (Å²) in [6, 6.07) is 1.87. The summed E-state index contributed by atoms with van der Waals surface area (Å²) in [5.74, 6) is 0.198. The number of likely N-dealkylation sites (tertiary alicyclic amines) is 1. The molecule has 4 nitrogen and oxygen atoms in total. The van der Waals surface area contributed by atoms with Crippen LogP contribution in [0.4, 0.5) is 0 Å². The van der Waals surface area contributed by atoms with Gasteiger partial charge in [0.1, 0.15) is 0 Å². The lowest BCUT2D eigenvalue weighted by Gasteiger charge is -2.27. The van der Waals surface area contributed by atoms with E-state index in [4.69, 9.17) is 0 Å². The van der Waals surface area contributed by atoms with Crippen LogP contribution in [0.1, 0.15) is 32.4 Å². The molecule has 1 N–H and O–H groups in total. The van der Waals surface area contributed by atoms with Crippen molar-refractivity contribution >= 4 is 5.91 Å². The Morgan fingerprint density at radius 1 is 1.47 bits per heavy atom. The van der Waals surface area contributed by atoms with Crippen molar-refractivity contribution in [3.05, 3.63) is 18.0 Å². The summed E-state index contributed by atoms with van der Waals surface area (Å²) < 4.78 is 0. The molecule has 2 heterocycles. The average molecular weight is 207 g/mol. The first kappa shape index (κ1) is 10.2. The molecule has 1 aliphatic heterocycles. The molecule has 2 rings (SSSR count). The number of amides is 1. The largest absolute Gasteiger partial charge is 0.342 e. The summed E-state index contributed by atoms with van der Waals surface area (Å²) >= 11 is 0. The van der Waals surface area contributed by atoms with Crippen LogP contribution in [-0.4, -0.2) is 34.1 Å². The summed E-state index contributed by atoms with van der Waals surface area (Å²) in [4.78, 5) is 14.2. The molecule has 15 heavy (non-hydrogen) atoms. The molecule has 0 unspecified atom stereocenters. The Morgan fingerprint density at radius 3 is 2.67 bits per heavy atom. The standard InChI is InChI=1S/C11H17N3O/c1-11(2,9-5-6-12-13-9)10(15)14-7-3-4-8-14/h5-6H,3-4,7-8H2,1-2H3,(H,12,13). The molecular formula is C11H17N3O. The van der Waals surface area contributed by atoms with Gasteiger partial charge in [-0.25, -0.2) is 0 Å². The Bertz CT molecular complexity index is 337. The van der Waals surface area contributed by atoms with Crippen molar-refractivity contribution in [1.82, 2.24) is 15.1 Å². The maximum atomic E-state index is 12.2. The monoisotopic (exact) mass is 207 g/mol. The third kappa shape index (κ3) is 1.76. The van der Waals surface area contributed by atoms with Crippen LogP contribution < -0.4 is 0 Å². The molecule has 82 valence electrons. The summed E-state index contributed by atoms with van der Waals surface area (Å²) in [5, 5.41) is 6.79. The number of nitrogens with one attached hydrogen (secondary N) is 1. The molecule has 1 aromatic heterocycles. The summed E-state index contributed by atoms with van der Waals surface area (Å²) in [6.45, 7) is 5.69. The maximum absolute atomic E-state index is 12.2. The van der Waals surface area contributed by atoms with E-state index >= 15 is 0 Å². The molecule has 1 amide bonds.